The maximum absolute atomic E-state index is 9.45. The first-order chi connectivity index (χ1) is 13.1. The Morgan fingerprint density at radius 2 is 1.57 bits per heavy atom. The molecule has 3 aromatic rings. The largest absolute Gasteiger partial charge is 0.726 e. The van der Waals surface area contributed by atoms with Crippen molar-refractivity contribution in [3.8, 4) is 0 Å². The minimum Gasteiger partial charge on any atom is -0.726 e. The topological polar surface area (TPSA) is 92.4 Å². The zero-order valence-electron chi connectivity index (χ0n) is 15.8. The van der Waals surface area contributed by atoms with Crippen LogP contribution in [-0.4, -0.2) is 31.3 Å². The van der Waals surface area contributed by atoms with Gasteiger partial charge >= 0.3 is 0 Å². The lowest BCUT2D eigenvalue weighted by Crippen LogP contribution is -2.47. The van der Waals surface area contributed by atoms with E-state index in [0.717, 1.165) is 43.0 Å². The molecule has 10 heteroatoms. The molecule has 0 N–H and O–H groups in total. The van der Waals surface area contributed by atoms with Crippen molar-refractivity contribution >= 4 is 55.4 Å². The molecule has 0 atom stereocenters. The molecule has 0 saturated carbocycles. The SMILES string of the molecule is CCOS(=O)(=O)[O-].CCO[n+]1nc2cc(C)c(Cl)cc2c2cc(Cl)c(C)cc21. The van der Waals surface area contributed by atoms with E-state index in [9.17, 15) is 13.0 Å². The highest BCUT2D eigenvalue weighted by Crippen LogP contribution is 2.29. The quantitative estimate of drug-likeness (QED) is 0.263. The predicted molar refractivity (Wildman–Crippen MR) is 107 cm³/mol. The molecule has 0 saturated heterocycles. The molecule has 0 amide bonds. The molecule has 1 heterocycles. The number of aryl methyl sites for hydroxylation is 2. The van der Waals surface area contributed by atoms with Crippen molar-refractivity contribution in [1.82, 2.24) is 5.10 Å². The van der Waals surface area contributed by atoms with Crippen LogP contribution in [0.1, 0.15) is 25.0 Å². The summed E-state index contributed by atoms with van der Waals surface area (Å²) < 4.78 is 32.0. The van der Waals surface area contributed by atoms with Crippen molar-refractivity contribution in [2.45, 2.75) is 27.7 Å². The Morgan fingerprint density at radius 1 is 1.00 bits per heavy atom. The number of aromatic nitrogens is 2. The van der Waals surface area contributed by atoms with Crippen molar-refractivity contribution < 1.29 is 26.8 Å². The highest BCUT2D eigenvalue weighted by Gasteiger charge is 2.19. The molecule has 2 aromatic carbocycles. The molecule has 0 bridgehead atoms. The van der Waals surface area contributed by atoms with Crippen LogP contribution >= 0.6 is 23.2 Å². The van der Waals surface area contributed by atoms with Gasteiger partial charge in [-0.2, -0.15) is 0 Å². The van der Waals surface area contributed by atoms with Gasteiger partial charge in [0.15, 0.2) is 6.61 Å². The van der Waals surface area contributed by atoms with E-state index in [-0.39, 0.29) is 6.61 Å². The Morgan fingerprint density at radius 3 is 2.07 bits per heavy atom. The summed E-state index contributed by atoms with van der Waals surface area (Å²) in [7, 11) is -4.42. The molecule has 152 valence electrons. The number of hydrogen-bond donors (Lipinski definition) is 0. The van der Waals surface area contributed by atoms with E-state index < -0.39 is 10.4 Å². The summed E-state index contributed by atoms with van der Waals surface area (Å²) in [5.41, 5.74) is 3.68. The third-order valence-corrected chi connectivity index (χ3v) is 5.10. The van der Waals surface area contributed by atoms with E-state index in [1.54, 1.807) is 4.85 Å². The van der Waals surface area contributed by atoms with E-state index in [1.807, 2.05) is 45.0 Å². The minimum atomic E-state index is -4.42. The molecule has 0 fully saturated rings. The second kappa shape index (κ2) is 9.19. The van der Waals surface area contributed by atoms with Gasteiger partial charge in [-0.15, -0.1) is 0 Å². The monoisotopic (exact) mass is 446 g/mol. The van der Waals surface area contributed by atoms with Crippen LogP contribution in [0.2, 0.25) is 10.0 Å². The van der Waals surface area contributed by atoms with E-state index in [4.69, 9.17) is 28.0 Å². The van der Waals surface area contributed by atoms with Crippen molar-refractivity contribution in [1.29, 1.82) is 0 Å². The molecule has 0 aliphatic rings. The number of rotatable bonds is 4. The van der Waals surface area contributed by atoms with Gasteiger partial charge < -0.3 is 4.55 Å². The standard InChI is InChI=1S/C16H15Cl2N2O.C2H6O4S/c1-4-21-20-16-6-10(3)14(18)8-12(16)11-7-13(17)9(2)5-15(11)19-20;1-2-6-7(3,4)5/h5-8H,4H2,1-3H3;2H2,1H3,(H,3,4,5)/q+1;/p-1. The molecule has 0 unspecified atom stereocenters. The third kappa shape index (κ3) is 5.42. The summed E-state index contributed by atoms with van der Waals surface area (Å²) >= 11 is 12.5. The molecule has 0 radical (unpaired) electrons. The van der Waals surface area contributed by atoms with Gasteiger partial charge in [0.1, 0.15) is 10.4 Å². The van der Waals surface area contributed by atoms with E-state index in [1.165, 1.54) is 6.92 Å². The Hall–Kier alpha value is -1.71. The van der Waals surface area contributed by atoms with Gasteiger partial charge in [-0.3, -0.25) is 4.18 Å². The fraction of sp³-hybridized carbons (Fsp3) is 0.333. The van der Waals surface area contributed by atoms with Crippen LogP contribution in [0, 0.1) is 13.8 Å². The molecule has 0 spiro atoms. The summed E-state index contributed by atoms with van der Waals surface area (Å²) in [6, 6.07) is 7.81. The van der Waals surface area contributed by atoms with Crippen molar-refractivity contribution in [2.24, 2.45) is 0 Å². The fourth-order valence-corrected chi connectivity index (χ4v) is 3.14. The summed E-state index contributed by atoms with van der Waals surface area (Å²) in [6.07, 6.45) is 0. The van der Waals surface area contributed by atoms with Gasteiger partial charge in [-0.25, -0.2) is 13.3 Å². The second-order valence-electron chi connectivity index (χ2n) is 5.84. The maximum atomic E-state index is 9.45. The van der Waals surface area contributed by atoms with Crippen LogP contribution < -0.4 is 9.68 Å². The number of fused-ring (bicyclic) bond motifs is 3. The lowest BCUT2D eigenvalue weighted by atomic mass is 10.1. The third-order valence-electron chi connectivity index (χ3n) is 3.76. The maximum Gasteiger partial charge on any atom is 0.297 e. The molecule has 0 aliphatic heterocycles. The molecular weight excluding hydrogens is 427 g/mol. The van der Waals surface area contributed by atoms with Crippen molar-refractivity contribution in [3.05, 3.63) is 45.4 Å². The predicted octanol–water partition coefficient (Wildman–Crippen LogP) is 3.53. The highest BCUT2D eigenvalue weighted by molar-refractivity contribution is 7.80. The van der Waals surface area contributed by atoms with Gasteiger partial charge in [0, 0.05) is 21.5 Å². The lowest BCUT2D eigenvalue weighted by molar-refractivity contribution is -0.913. The molecule has 7 nitrogen and oxygen atoms in total. The first kappa shape index (κ1) is 22.6. The Balaban J connectivity index is 0.000000345. The second-order valence-corrected chi connectivity index (χ2v) is 7.71. The normalized spacial score (nSPS) is 11.4. The number of nitrogens with zero attached hydrogens (tertiary/aromatic N) is 2. The van der Waals surface area contributed by atoms with Gasteiger partial charge in [-0.1, -0.05) is 23.2 Å². The van der Waals surface area contributed by atoms with Gasteiger partial charge in [0.05, 0.1) is 17.1 Å². The van der Waals surface area contributed by atoms with Crippen LogP contribution in [0.25, 0.3) is 21.8 Å². The van der Waals surface area contributed by atoms with Gasteiger partial charge in [0.2, 0.25) is 10.4 Å². The van der Waals surface area contributed by atoms with Crippen molar-refractivity contribution in [2.75, 3.05) is 13.2 Å². The van der Waals surface area contributed by atoms with E-state index >= 15 is 0 Å². The average Bonchev–Trinajstić information content (AvgIpc) is 2.58. The molecule has 0 aliphatic carbocycles. The summed E-state index contributed by atoms with van der Waals surface area (Å²) in [4.78, 5) is 7.19. The minimum absolute atomic E-state index is 0.0914. The fourth-order valence-electron chi connectivity index (χ4n) is 2.52. The van der Waals surface area contributed by atoms with Crippen LogP contribution in [0.5, 0.6) is 0 Å². The summed E-state index contributed by atoms with van der Waals surface area (Å²) in [6.45, 7) is 7.72. The van der Waals surface area contributed by atoms with Crippen LogP contribution in [0.15, 0.2) is 24.3 Å². The zero-order valence-corrected chi connectivity index (χ0v) is 18.2. The number of halogens is 2. The highest BCUT2D eigenvalue weighted by atomic mass is 35.5. The van der Waals surface area contributed by atoms with Crippen molar-refractivity contribution in [3.63, 3.8) is 0 Å². The first-order valence-electron chi connectivity index (χ1n) is 8.43. The number of hydrogen-bond acceptors (Lipinski definition) is 6. The Bertz CT molecular complexity index is 1120. The van der Waals surface area contributed by atoms with Crippen LogP contribution in [-0.2, 0) is 14.6 Å². The van der Waals surface area contributed by atoms with E-state index in [2.05, 4.69) is 9.28 Å². The van der Waals surface area contributed by atoms with Crippen LogP contribution in [0.4, 0.5) is 0 Å². The molecule has 3 rings (SSSR count). The first-order valence-corrected chi connectivity index (χ1v) is 10.5. The smallest absolute Gasteiger partial charge is 0.297 e. The molecule has 28 heavy (non-hydrogen) atoms. The van der Waals surface area contributed by atoms with Gasteiger partial charge in [-0.05, 0) is 57.0 Å². The van der Waals surface area contributed by atoms with Gasteiger partial charge in [0.25, 0.3) is 5.52 Å². The Kier molecular flexibility index (Phi) is 7.41. The lowest BCUT2D eigenvalue weighted by Gasteiger charge is -2.06. The zero-order chi connectivity index (χ0) is 21.1. The summed E-state index contributed by atoms with van der Waals surface area (Å²) in [5.74, 6) is 0. The summed E-state index contributed by atoms with van der Waals surface area (Å²) in [5, 5.41) is 7.94. The molecule has 1 aromatic heterocycles. The molecular formula is C18H20Cl2N2O5S. The Labute approximate surface area is 173 Å². The van der Waals surface area contributed by atoms with Crippen LogP contribution in [0.3, 0.4) is 0 Å². The average molecular weight is 447 g/mol. The van der Waals surface area contributed by atoms with E-state index in [0.29, 0.717) is 6.61 Å². The number of benzene rings is 2.